The summed E-state index contributed by atoms with van der Waals surface area (Å²) in [6.07, 6.45) is -4.47. The SMILES string of the molecule is O=C(COc1ccc(-c2ccccc2)cc1Br)Nc1cccc(C(F)(F)F)c1. The van der Waals surface area contributed by atoms with Crippen molar-refractivity contribution >= 4 is 27.5 Å². The van der Waals surface area contributed by atoms with Crippen LogP contribution in [0.4, 0.5) is 18.9 Å². The number of hydrogen-bond acceptors (Lipinski definition) is 2. The monoisotopic (exact) mass is 449 g/mol. The van der Waals surface area contributed by atoms with Gasteiger partial charge < -0.3 is 10.1 Å². The van der Waals surface area contributed by atoms with Crippen LogP contribution in [0.3, 0.4) is 0 Å². The molecule has 0 spiro atoms. The van der Waals surface area contributed by atoms with Gasteiger partial charge in [0.25, 0.3) is 5.91 Å². The fourth-order valence-electron chi connectivity index (χ4n) is 2.54. The van der Waals surface area contributed by atoms with Crippen LogP contribution in [0.1, 0.15) is 5.56 Å². The molecule has 0 atom stereocenters. The summed E-state index contributed by atoms with van der Waals surface area (Å²) in [7, 11) is 0. The van der Waals surface area contributed by atoms with Crippen LogP contribution in [0.15, 0.2) is 77.3 Å². The minimum absolute atomic E-state index is 0.0573. The summed E-state index contributed by atoms with van der Waals surface area (Å²) in [4.78, 5) is 12.0. The van der Waals surface area contributed by atoms with Gasteiger partial charge in [0.1, 0.15) is 5.75 Å². The van der Waals surface area contributed by atoms with Crippen LogP contribution in [0.5, 0.6) is 5.75 Å². The molecular weight excluding hydrogens is 435 g/mol. The molecule has 0 aliphatic heterocycles. The summed E-state index contributed by atoms with van der Waals surface area (Å²) in [5, 5.41) is 2.40. The Morgan fingerprint density at radius 2 is 1.68 bits per heavy atom. The minimum Gasteiger partial charge on any atom is -0.483 e. The molecule has 3 aromatic rings. The Morgan fingerprint density at radius 1 is 0.929 bits per heavy atom. The van der Waals surface area contributed by atoms with Gasteiger partial charge in [-0.15, -0.1) is 0 Å². The molecular formula is C21H15BrF3NO2. The van der Waals surface area contributed by atoms with E-state index in [0.29, 0.717) is 10.2 Å². The number of ether oxygens (including phenoxy) is 1. The molecule has 0 heterocycles. The molecule has 0 aromatic heterocycles. The van der Waals surface area contributed by atoms with Crippen LogP contribution in [0.25, 0.3) is 11.1 Å². The van der Waals surface area contributed by atoms with Gasteiger partial charge in [-0.25, -0.2) is 0 Å². The Kier molecular flexibility index (Phi) is 6.04. The largest absolute Gasteiger partial charge is 0.483 e. The third-order valence-electron chi connectivity index (χ3n) is 3.87. The first-order valence-corrected chi connectivity index (χ1v) is 9.07. The zero-order chi connectivity index (χ0) is 20.1. The molecule has 1 N–H and O–H groups in total. The van der Waals surface area contributed by atoms with E-state index in [9.17, 15) is 18.0 Å². The normalized spacial score (nSPS) is 11.1. The predicted molar refractivity (Wildman–Crippen MR) is 105 cm³/mol. The lowest BCUT2D eigenvalue weighted by molar-refractivity contribution is -0.137. The molecule has 0 saturated carbocycles. The number of hydrogen-bond donors (Lipinski definition) is 1. The topological polar surface area (TPSA) is 38.3 Å². The van der Waals surface area contributed by atoms with Crippen molar-refractivity contribution in [1.82, 2.24) is 0 Å². The van der Waals surface area contributed by atoms with Gasteiger partial charge in [0.05, 0.1) is 10.0 Å². The number of alkyl halides is 3. The van der Waals surface area contributed by atoms with E-state index in [1.807, 2.05) is 42.5 Å². The molecule has 0 radical (unpaired) electrons. The first-order chi connectivity index (χ1) is 13.3. The lowest BCUT2D eigenvalue weighted by Crippen LogP contribution is -2.20. The van der Waals surface area contributed by atoms with E-state index in [2.05, 4.69) is 21.2 Å². The van der Waals surface area contributed by atoms with Crippen molar-refractivity contribution in [3.05, 3.63) is 82.8 Å². The van der Waals surface area contributed by atoms with Gasteiger partial charge >= 0.3 is 6.18 Å². The van der Waals surface area contributed by atoms with Gasteiger partial charge in [-0.2, -0.15) is 13.2 Å². The van der Waals surface area contributed by atoms with E-state index in [0.717, 1.165) is 23.3 Å². The zero-order valence-electron chi connectivity index (χ0n) is 14.5. The summed E-state index contributed by atoms with van der Waals surface area (Å²) in [6, 6.07) is 19.7. The van der Waals surface area contributed by atoms with Gasteiger partial charge in [-0.3, -0.25) is 4.79 Å². The molecule has 144 valence electrons. The van der Waals surface area contributed by atoms with Crippen molar-refractivity contribution in [2.45, 2.75) is 6.18 Å². The van der Waals surface area contributed by atoms with E-state index >= 15 is 0 Å². The second-order valence-electron chi connectivity index (χ2n) is 5.93. The van der Waals surface area contributed by atoms with Crippen LogP contribution < -0.4 is 10.1 Å². The van der Waals surface area contributed by atoms with E-state index in [1.165, 1.54) is 12.1 Å². The number of carbonyl (C=O) groups excluding carboxylic acids is 1. The van der Waals surface area contributed by atoms with Crippen LogP contribution >= 0.6 is 15.9 Å². The Balaban J connectivity index is 1.62. The molecule has 3 nitrogen and oxygen atoms in total. The third-order valence-corrected chi connectivity index (χ3v) is 4.49. The lowest BCUT2D eigenvalue weighted by atomic mass is 10.1. The van der Waals surface area contributed by atoms with Gasteiger partial charge in [-0.05, 0) is 57.4 Å². The molecule has 0 saturated heterocycles. The van der Waals surface area contributed by atoms with Crippen molar-refractivity contribution in [1.29, 1.82) is 0 Å². The van der Waals surface area contributed by atoms with Gasteiger partial charge in [0.15, 0.2) is 6.61 Å². The summed E-state index contributed by atoms with van der Waals surface area (Å²) in [6.45, 7) is -0.334. The average molecular weight is 450 g/mol. The number of rotatable bonds is 5. The third kappa shape index (κ3) is 5.13. The van der Waals surface area contributed by atoms with Crippen molar-refractivity contribution in [3.8, 4) is 16.9 Å². The quantitative estimate of drug-likeness (QED) is 0.506. The number of halogens is 4. The summed E-state index contributed by atoms with van der Waals surface area (Å²) in [5.41, 5.74) is 1.25. The zero-order valence-corrected chi connectivity index (χ0v) is 16.0. The van der Waals surface area contributed by atoms with Crippen LogP contribution in [-0.4, -0.2) is 12.5 Å². The highest BCUT2D eigenvalue weighted by molar-refractivity contribution is 9.10. The standard InChI is InChI=1S/C21H15BrF3NO2/c22-18-11-15(14-5-2-1-3-6-14)9-10-19(18)28-13-20(27)26-17-8-4-7-16(12-17)21(23,24)25/h1-12H,13H2,(H,26,27). The van der Waals surface area contributed by atoms with E-state index in [4.69, 9.17) is 4.74 Å². The summed E-state index contributed by atoms with van der Waals surface area (Å²) < 4.78 is 44.3. The number of benzene rings is 3. The molecule has 3 aromatic carbocycles. The number of carbonyl (C=O) groups is 1. The van der Waals surface area contributed by atoms with Crippen molar-refractivity contribution in [2.24, 2.45) is 0 Å². The van der Waals surface area contributed by atoms with Crippen molar-refractivity contribution in [3.63, 3.8) is 0 Å². The Labute approximate surface area is 168 Å². The Hall–Kier alpha value is -2.80. The maximum atomic E-state index is 12.7. The molecule has 0 aliphatic rings. The van der Waals surface area contributed by atoms with E-state index in [1.54, 1.807) is 6.07 Å². The highest BCUT2D eigenvalue weighted by Crippen LogP contribution is 2.32. The highest BCUT2D eigenvalue weighted by atomic mass is 79.9. The smallest absolute Gasteiger partial charge is 0.416 e. The molecule has 28 heavy (non-hydrogen) atoms. The van der Waals surface area contributed by atoms with Crippen molar-refractivity contribution in [2.75, 3.05) is 11.9 Å². The number of amides is 1. The molecule has 0 bridgehead atoms. The second kappa shape index (κ2) is 8.48. The van der Waals surface area contributed by atoms with Crippen LogP contribution in [0.2, 0.25) is 0 Å². The maximum Gasteiger partial charge on any atom is 0.416 e. The van der Waals surface area contributed by atoms with E-state index in [-0.39, 0.29) is 12.3 Å². The number of anilines is 1. The fourth-order valence-corrected chi connectivity index (χ4v) is 3.03. The molecule has 0 aliphatic carbocycles. The molecule has 0 fully saturated rings. The Morgan fingerprint density at radius 3 is 2.36 bits per heavy atom. The average Bonchev–Trinajstić information content (AvgIpc) is 2.67. The minimum atomic E-state index is -4.47. The predicted octanol–water partition coefficient (Wildman–Crippen LogP) is 6.15. The van der Waals surface area contributed by atoms with E-state index < -0.39 is 17.6 Å². The lowest BCUT2D eigenvalue weighted by Gasteiger charge is -2.12. The van der Waals surface area contributed by atoms with Gasteiger partial charge in [0, 0.05) is 5.69 Å². The molecule has 1 amide bonds. The number of nitrogens with one attached hydrogen (secondary N) is 1. The molecule has 3 rings (SSSR count). The molecule has 0 unspecified atom stereocenters. The van der Waals surface area contributed by atoms with Gasteiger partial charge in [0.2, 0.25) is 0 Å². The van der Waals surface area contributed by atoms with Gasteiger partial charge in [-0.1, -0.05) is 42.5 Å². The van der Waals surface area contributed by atoms with Crippen LogP contribution in [0, 0.1) is 0 Å². The first kappa shape index (κ1) is 19.9. The highest BCUT2D eigenvalue weighted by Gasteiger charge is 2.30. The first-order valence-electron chi connectivity index (χ1n) is 8.28. The summed E-state index contributed by atoms with van der Waals surface area (Å²) in [5.74, 6) is -0.0998. The summed E-state index contributed by atoms with van der Waals surface area (Å²) >= 11 is 3.41. The van der Waals surface area contributed by atoms with Crippen LogP contribution in [-0.2, 0) is 11.0 Å². The maximum absolute atomic E-state index is 12.7. The molecule has 7 heteroatoms. The fraction of sp³-hybridized carbons (Fsp3) is 0.0952. The second-order valence-corrected chi connectivity index (χ2v) is 6.78. The van der Waals surface area contributed by atoms with Crippen molar-refractivity contribution < 1.29 is 22.7 Å². The Bertz CT molecular complexity index is 975.